The number of hydrogen-bond donors (Lipinski definition) is 1. The van der Waals surface area contributed by atoms with Crippen LogP contribution < -0.4 is 24.3 Å². The smallest absolute Gasteiger partial charge is 0.131 e. The van der Waals surface area contributed by atoms with Gasteiger partial charge in [-0.2, -0.15) is 0 Å². The quantitative estimate of drug-likeness (QED) is 0.149. The Kier molecular flexibility index (Phi) is 14.4. The van der Waals surface area contributed by atoms with Crippen LogP contribution in [0.5, 0.6) is 23.0 Å². The van der Waals surface area contributed by atoms with Gasteiger partial charge in [-0.25, -0.2) is 0 Å². The predicted octanol–water partition coefficient (Wildman–Crippen LogP) is 10.8. The van der Waals surface area contributed by atoms with Crippen molar-refractivity contribution in [2.24, 2.45) is 4.99 Å². The van der Waals surface area contributed by atoms with Crippen molar-refractivity contribution in [1.29, 1.82) is 0 Å². The number of rotatable bonds is 19. The molecule has 3 unspecified atom stereocenters. The highest BCUT2D eigenvalue weighted by molar-refractivity contribution is 8.18. The lowest BCUT2D eigenvalue weighted by Crippen LogP contribution is -2.26. The molecule has 0 aliphatic carbocycles. The summed E-state index contributed by atoms with van der Waals surface area (Å²) < 4.78 is 24.6. The molecule has 0 amide bonds. The molecule has 1 N–H and O–H groups in total. The van der Waals surface area contributed by atoms with Gasteiger partial charge in [-0.1, -0.05) is 94.4 Å². The summed E-state index contributed by atoms with van der Waals surface area (Å²) in [4.78, 5) is 6.71. The van der Waals surface area contributed by atoms with Crippen LogP contribution in [-0.4, -0.2) is 42.9 Å². The van der Waals surface area contributed by atoms with Gasteiger partial charge in [0.15, 0.2) is 0 Å². The number of nitrogens with zero attached hydrogens (tertiary/aromatic N) is 1. The molecule has 8 heteroatoms. The molecule has 2 aromatic rings. The van der Waals surface area contributed by atoms with Crippen LogP contribution in [0.3, 0.4) is 0 Å². The Balaban J connectivity index is 1.70. The number of benzene rings is 2. The van der Waals surface area contributed by atoms with E-state index in [-0.39, 0.29) is 28.9 Å². The van der Waals surface area contributed by atoms with E-state index in [9.17, 15) is 0 Å². The Morgan fingerprint density at radius 1 is 0.739 bits per heavy atom. The Bertz CT molecular complexity index is 1330. The molecule has 2 aliphatic rings. The second kappa shape index (κ2) is 18.2. The first kappa shape index (κ1) is 36.4. The molecule has 4 rings (SSSR count). The molecule has 0 aromatic heterocycles. The molecule has 0 saturated heterocycles. The van der Waals surface area contributed by atoms with E-state index >= 15 is 0 Å². The van der Waals surface area contributed by atoms with Crippen molar-refractivity contribution < 1.29 is 18.9 Å². The predicted molar refractivity (Wildman–Crippen MR) is 198 cm³/mol. The SMILES string of the molecule is CCCCCCC1=C(c2c(OC)cccc2OC(C)C)SC(C2=NC(CCCCCC)C(c3c(OC)cccc3OC(C)C)S2)N1. The first-order valence-corrected chi connectivity index (χ1v) is 19.1. The summed E-state index contributed by atoms with van der Waals surface area (Å²) in [6.07, 6.45) is 11.8. The van der Waals surface area contributed by atoms with Gasteiger partial charge in [-0.05, 0) is 71.2 Å². The zero-order chi connectivity index (χ0) is 33.1. The Morgan fingerprint density at radius 2 is 1.35 bits per heavy atom. The summed E-state index contributed by atoms with van der Waals surface area (Å²) in [5.74, 6) is 3.47. The molecule has 2 aromatic carbocycles. The summed E-state index contributed by atoms with van der Waals surface area (Å²) in [5, 5.41) is 5.23. The van der Waals surface area contributed by atoms with E-state index in [0.29, 0.717) is 0 Å². The minimum Gasteiger partial charge on any atom is -0.496 e. The van der Waals surface area contributed by atoms with Crippen molar-refractivity contribution in [2.75, 3.05) is 14.2 Å². The van der Waals surface area contributed by atoms with E-state index in [2.05, 4.69) is 65.1 Å². The molecular formula is C38H56N2O4S2. The fraction of sp³-hybridized carbons (Fsp3) is 0.605. The van der Waals surface area contributed by atoms with Gasteiger partial charge in [0.1, 0.15) is 33.4 Å². The molecule has 2 heterocycles. The maximum atomic E-state index is 6.38. The van der Waals surface area contributed by atoms with Crippen LogP contribution in [0.1, 0.15) is 122 Å². The lowest BCUT2D eigenvalue weighted by molar-refractivity contribution is 0.237. The molecule has 0 bridgehead atoms. The number of thioether (sulfide) groups is 2. The number of hydrogen-bond acceptors (Lipinski definition) is 8. The second-order valence-electron chi connectivity index (χ2n) is 12.7. The third-order valence-corrected chi connectivity index (χ3v) is 11.1. The number of nitrogens with one attached hydrogen (secondary N) is 1. The normalized spacial score (nSPS) is 19.5. The highest BCUT2D eigenvalue weighted by Gasteiger charge is 2.41. The van der Waals surface area contributed by atoms with Gasteiger partial charge in [0.05, 0.1) is 48.8 Å². The minimum atomic E-state index is 0.0188. The standard InChI is InChI=1S/C38H56N2O4S2/c1-9-11-13-15-19-27-35(33-29(41-7)21-17-23-31(33)43-25(3)4)45-37(39-27)38-40-28(20-16-14-12-10-2)36(46-38)34-30(42-8)22-18-24-32(34)44-26(5)6/h17-18,21-27,35,38,40H,9-16,19-20H2,1-8H3. The van der Waals surface area contributed by atoms with E-state index in [4.69, 9.17) is 23.9 Å². The van der Waals surface area contributed by atoms with Crippen LogP contribution in [0, 0.1) is 0 Å². The van der Waals surface area contributed by atoms with E-state index in [0.717, 1.165) is 64.9 Å². The molecule has 2 aliphatic heterocycles. The maximum Gasteiger partial charge on any atom is 0.131 e. The number of aliphatic imine (C=N–C) groups is 1. The number of ether oxygens (including phenoxy) is 4. The van der Waals surface area contributed by atoms with Crippen molar-refractivity contribution in [3.8, 4) is 23.0 Å². The molecule has 3 atom stereocenters. The maximum absolute atomic E-state index is 6.38. The first-order valence-electron chi connectivity index (χ1n) is 17.4. The molecular weight excluding hydrogens is 613 g/mol. The van der Waals surface area contributed by atoms with Crippen LogP contribution in [0.4, 0.5) is 0 Å². The van der Waals surface area contributed by atoms with E-state index in [1.807, 2.05) is 41.7 Å². The minimum absolute atomic E-state index is 0.0188. The van der Waals surface area contributed by atoms with Gasteiger partial charge in [-0.3, -0.25) is 4.99 Å². The van der Waals surface area contributed by atoms with Crippen molar-refractivity contribution in [3.05, 3.63) is 53.2 Å². The lowest BCUT2D eigenvalue weighted by atomic mass is 9.98. The zero-order valence-electron chi connectivity index (χ0n) is 29.3. The fourth-order valence-corrected chi connectivity index (χ4v) is 9.00. The Hall–Kier alpha value is -2.45. The molecule has 254 valence electrons. The number of unbranched alkanes of at least 4 members (excludes halogenated alkanes) is 6. The van der Waals surface area contributed by atoms with Crippen molar-refractivity contribution >= 4 is 33.5 Å². The monoisotopic (exact) mass is 668 g/mol. The number of allylic oxidation sites excluding steroid dienone is 1. The average Bonchev–Trinajstić information content (AvgIpc) is 3.65. The summed E-state index contributed by atoms with van der Waals surface area (Å²) in [5.41, 5.74) is 3.42. The van der Waals surface area contributed by atoms with Crippen LogP contribution in [-0.2, 0) is 0 Å². The van der Waals surface area contributed by atoms with Gasteiger partial charge < -0.3 is 24.3 Å². The van der Waals surface area contributed by atoms with Gasteiger partial charge in [0.2, 0.25) is 0 Å². The van der Waals surface area contributed by atoms with Crippen LogP contribution in [0.2, 0.25) is 0 Å². The molecule has 6 nitrogen and oxygen atoms in total. The largest absolute Gasteiger partial charge is 0.496 e. The molecule has 0 saturated carbocycles. The van der Waals surface area contributed by atoms with Gasteiger partial charge >= 0.3 is 0 Å². The zero-order valence-corrected chi connectivity index (χ0v) is 31.0. The van der Waals surface area contributed by atoms with E-state index < -0.39 is 0 Å². The fourth-order valence-electron chi connectivity index (χ4n) is 6.12. The summed E-state index contributed by atoms with van der Waals surface area (Å²) in [6.45, 7) is 12.8. The summed E-state index contributed by atoms with van der Waals surface area (Å²) in [6, 6.07) is 12.4. The third kappa shape index (κ3) is 9.33. The van der Waals surface area contributed by atoms with Gasteiger partial charge in [-0.15, -0.1) is 0 Å². The van der Waals surface area contributed by atoms with E-state index in [1.54, 1.807) is 14.2 Å². The Morgan fingerprint density at radius 3 is 2.00 bits per heavy atom. The van der Waals surface area contributed by atoms with Crippen LogP contribution in [0.25, 0.3) is 4.91 Å². The van der Waals surface area contributed by atoms with Crippen LogP contribution in [0.15, 0.2) is 47.1 Å². The van der Waals surface area contributed by atoms with E-state index in [1.165, 1.54) is 49.1 Å². The molecule has 0 radical (unpaired) electrons. The summed E-state index contributed by atoms with van der Waals surface area (Å²) in [7, 11) is 3.51. The summed E-state index contributed by atoms with van der Waals surface area (Å²) >= 11 is 3.73. The third-order valence-electron chi connectivity index (χ3n) is 8.25. The first-order chi connectivity index (χ1) is 22.3. The van der Waals surface area contributed by atoms with Crippen molar-refractivity contribution in [1.82, 2.24) is 5.32 Å². The highest BCUT2D eigenvalue weighted by Crippen LogP contribution is 2.54. The lowest BCUT2D eigenvalue weighted by Gasteiger charge is -2.24. The molecule has 0 spiro atoms. The van der Waals surface area contributed by atoms with Gasteiger partial charge in [0.25, 0.3) is 0 Å². The second-order valence-corrected chi connectivity index (χ2v) is 15.0. The Labute approximate surface area is 286 Å². The molecule has 46 heavy (non-hydrogen) atoms. The average molecular weight is 669 g/mol. The van der Waals surface area contributed by atoms with Crippen molar-refractivity contribution in [2.45, 2.75) is 135 Å². The molecule has 0 fully saturated rings. The van der Waals surface area contributed by atoms with Gasteiger partial charge in [0, 0.05) is 10.6 Å². The number of methoxy groups -OCH3 is 2. The topological polar surface area (TPSA) is 61.3 Å². The van der Waals surface area contributed by atoms with Crippen molar-refractivity contribution in [3.63, 3.8) is 0 Å². The highest BCUT2D eigenvalue weighted by atomic mass is 32.2. The van der Waals surface area contributed by atoms with Crippen LogP contribution >= 0.6 is 23.5 Å².